The van der Waals surface area contributed by atoms with E-state index in [0.717, 1.165) is 11.1 Å². The van der Waals surface area contributed by atoms with Crippen molar-refractivity contribution in [2.45, 2.75) is 13.8 Å². The third kappa shape index (κ3) is 4.30. The number of benzene rings is 1. The van der Waals surface area contributed by atoms with Gasteiger partial charge in [-0.15, -0.1) is 0 Å². The number of ether oxygens (including phenoxy) is 1. The highest BCUT2D eigenvalue weighted by Gasteiger charge is 2.13. The van der Waals surface area contributed by atoms with Crippen LogP contribution >= 0.6 is 11.6 Å². The number of aromatic nitrogens is 1. The number of carbonyl (C=O) groups excluding carboxylic acids is 2. The van der Waals surface area contributed by atoms with Gasteiger partial charge in [-0.1, -0.05) is 29.3 Å². The van der Waals surface area contributed by atoms with Gasteiger partial charge in [-0.25, -0.2) is 9.78 Å². The van der Waals surface area contributed by atoms with Crippen LogP contribution in [0.1, 0.15) is 21.5 Å². The zero-order valence-electron chi connectivity index (χ0n) is 12.2. The Hall–Kier alpha value is -2.40. The molecule has 0 bridgehead atoms. The highest BCUT2D eigenvalue weighted by Crippen LogP contribution is 2.12. The van der Waals surface area contributed by atoms with E-state index in [-0.39, 0.29) is 6.61 Å². The second kappa shape index (κ2) is 7.04. The number of nitrogens with zero attached hydrogens (tertiary/aromatic N) is 1. The van der Waals surface area contributed by atoms with E-state index in [1.165, 1.54) is 6.20 Å². The fourth-order valence-electron chi connectivity index (χ4n) is 1.79. The zero-order chi connectivity index (χ0) is 16.1. The lowest BCUT2D eigenvalue weighted by atomic mass is 10.1. The summed E-state index contributed by atoms with van der Waals surface area (Å²) in [6.45, 7) is 3.32. The van der Waals surface area contributed by atoms with Crippen LogP contribution in [0, 0.1) is 13.8 Å². The molecular weight excluding hydrogens is 304 g/mol. The number of anilines is 1. The molecule has 6 heteroatoms. The topological polar surface area (TPSA) is 68.3 Å². The van der Waals surface area contributed by atoms with E-state index in [2.05, 4.69) is 10.3 Å². The summed E-state index contributed by atoms with van der Waals surface area (Å²) in [6.07, 6.45) is 1.42. The predicted octanol–water partition coefficient (Wildman–Crippen LogP) is 3.15. The molecule has 5 nitrogen and oxygen atoms in total. The molecule has 0 spiro atoms. The van der Waals surface area contributed by atoms with Gasteiger partial charge in [-0.2, -0.15) is 0 Å². The van der Waals surface area contributed by atoms with Gasteiger partial charge in [0, 0.05) is 6.20 Å². The third-order valence-electron chi connectivity index (χ3n) is 2.94. The van der Waals surface area contributed by atoms with Crippen LogP contribution in [0.5, 0.6) is 0 Å². The number of carbonyl (C=O) groups is 2. The standard InChI is InChI=1S/C16H15ClN2O3/c1-10-3-4-11(2)13(7-10)16(21)22-9-15(20)19-14-6-5-12(17)8-18-14/h3-8H,9H2,1-2H3,(H,18,19,20). The van der Waals surface area contributed by atoms with Gasteiger partial charge < -0.3 is 10.1 Å². The lowest BCUT2D eigenvalue weighted by molar-refractivity contribution is -0.119. The molecule has 0 aliphatic carbocycles. The molecule has 1 amide bonds. The summed E-state index contributed by atoms with van der Waals surface area (Å²) in [5.41, 5.74) is 2.21. The molecule has 2 rings (SSSR count). The minimum atomic E-state index is -0.527. The van der Waals surface area contributed by atoms with Gasteiger partial charge in [0.2, 0.25) is 0 Å². The van der Waals surface area contributed by atoms with Crippen molar-refractivity contribution in [1.82, 2.24) is 4.98 Å². The van der Waals surface area contributed by atoms with E-state index >= 15 is 0 Å². The van der Waals surface area contributed by atoms with Crippen molar-refractivity contribution in [2.75, 3.05) is 11.9 Å². The van der Waals surface area contributed by atoms with Crippen LogP contribution in [0.15, 0.2) is 36.5 Å². The van der Waals surface area contributed by atoms with Gasteiger partial charge in [0.15, 0.2) is 6.61 Å². The molecule has 2 aromatic rings. The van der Waals surface area contributed by atoms with Gasteiger partial charge >= 0.3 is 5.97 Å². The molecule has 22 heavy (non-hydrogen) atoms. The molecule has 0 aliphatic rings. The van der Waals surface area contributed by atoms with Crippen molar-refractivity contribution in [2.24, 2.45) is 0 Å². The second-order valence-corrected chi connectivity index (χ2v) is 5.24. The van der Waals surface area contributed by atoms with Crippen LogP contribution in [0.4, 0.5) is 5.82 Å². The lowest BCUT2D eigenvalue weighted by Crippen LogP contribution is -2.21. The molecule has 0 saturated carbocycles. The lowest BCUT2D eigenvalue weighted by Gasteiger charge is -2.08. The summed E-state index contributed by atoms with van der Waals surface area (Å²) >= 11 is 5.70. The number of amides is 1. The molecule has 1 aromatic carbocycles. The molecule has 0 saturated heterocycles. The Bertz CT molecular complexity index is 699. The number of rotatable bonds is 4. The molecule has 0 unspecified atom stereocenters. The summed E-state index contributed by atoms with van der Waals surface area (Å²) in [6, 6.07) is 8.64. The summed E-state index contributed by atoms with van der Waals surface area (Å²) in [7, 11) is 0. The normalized spacial score (nSPS) is 10.1. The average molecular weight is 319 g/mol. The smallest absolute Gasteiger partial charge is 0.338 e. The Morgan fingerprint density at radius 1 is 1.23 bits per heavy atom. The Kier molecular flexibility index (Phi) is 5.12. The second-order valence-electron chi connectivity index (χ2n) is 4.80. The quantitative estimate of drug-likeness (QED) is 0.879. The average Bonchev–Trinajstić information content (AvgIpc) is 2.49. The highest BCUT2D eigenvalue weighted by atomic mass is 35.5. The van der Waals surface area contributed by atoms with Crippen molar-refractivity contribution in [3.8, 4) is 0 Å². The molecule has 0 fully saturated rings. The van der Waals surface area contributed by atoms with Crippen molar-refractivity contribution in [3.63, 3.8) is 0 Å². The van der Waals surface area contributed by atoms with Crippen molar-refractivity contribution in [1.29, 1.82) is 0 Å². The van der Waals surface area contributed by atoms with E-state index in [9.17, 15) is 9.59 Å². The van der Waals surface area contributed by atoms with Gasteiger partial charge in [-0.3, -0.25) is 4.79 Å². The molecule has 0 radical (unpaired) electrons. The number of halogens is 1. The SMILES string of the molecule is Cc1ccc(C)c(C(=O)OCC(=O)Nc2ccc(Cl)cn2)c1. The fraction of sp³-hybridized carbons (Fsp3) is 0.188. The molecule has 114 valence electrons. The fourth-order valence-corrected chi connectivity index (χ4v) is 1.91. The third-order valence-corrected chi connectivity index (χ3v) is 3.17. The first-order chi connectivity index (χ1) is 10.5. The number of hydrogen-bond acceptors (Lipinski definition) is 4. The molecular formula is C16H15ClN2O3. The summed E-state index contributed by atoms with van der Waals surface area (Å²) in [5.74, 6) is -0.647. The zero-order valence-corrected chi connectivity index (χ0v) is 13.0. The van der Waals surface area contributed by atoms with Gasteiger partial charge in [-0.05, 0) is 37.6 Å². The minimum absolute atomic E-state index is 0.345. The number of aryl methyl sites for hydroxylation is 2. The minimum Gasteiger partial charge on any atom is -0.452 e. The maximum atomic E-state index is 12.0. The summed E-state index contributed by atoms with van der Waals surface area (Å²) in [4.78, 5) is 27.6. The first-order valence-electron chi connectivity index (χ1n) is 6.61. The Morgan fingerprint density at radius 2 is 2.00 bits per heavy atom. The highest BCUT2D eigenvalue weighted by molar-refractivity contribution is 6.30. The van der Waals surface area contributed by atoms with E-state index < -0.39 is 11.9 Å². The maximum absolute atomic E-state index is 12.0. The van der Waals surface area contributed by atoms with Gasteiger partial charge in [0.1, 0.15) is 5.82 Å². The van der Waals surface area contributed by atoms with Crippen LogP contribution in [-0.4, -0.2) is 23.5 Å². The van der Waals surface area contributed by atoms with E-state index in [0.29, 0.717) is 16.4 Å². The van der Waals surface area contributed by atoms with Crippen molar-refractivity contribution < 1.29 is 14.3 Å². The van der Waals surface area contributed by atoms with Crippen LogP contribution in [-0.2, 0) is 9.53 Å². The largest absolute Gasteiger partial charge is 0.452 e. The van der Waals surface area contributed by atoms with Crippen LogP contribution < -0.4 is 5.32 Å². The summed E-state index contributed by atoms with van der Waals surface area (Å²) < 4.78 is 5.02. The Balaban J connectivity index is 1.91. The van der Waals surface area contributed by atoms with Crippen molar-refractivity contribution >= 4 is 29.3 Å². The van der Waals surface area contributed by atoms with E-state index in [1.54, 1.807) is 18.2 Å². The first kappa shape index (κ1) is 16.0. The van der Waals surface area contributed by atoms with Gasteiger partial charge in [0.05, 0.1) is 10.6 Å². The molecule has 1 N–H and O–H groups in total. The predicted molar refractivity (Wildman–Crippen MR) is 84.1 cm³/mol. The number of hydrogen-bond donors (Lipinski definition) is 1. The Morgan fingerprint density at radius 3 is 2.68 bits per heavy atom. The molecule has 1 aromatic heterocycles. The molecule has 1 heterocycles. The monoisotopic (exact) mass is 318 g/mol. The van der Waals surface area contributed by atoms with E-state index in [1.807, 2.05) is 26.0 Å². The number of esters is 1. The van der Waals surface area contributed by atoms with Crippen LogP contribution in [0.2, 0.25) is 5.02 Å². The van der Waals surface area contributed by atoms with Crippen molar-refractivity contribution in [3.05, 3.63) is 58.2 Å². The molecule has 0 aliphatic heterocycles. The summed E-state index contributed by atoms with van der Waals surface area (Å²) in [5, 5.41) is 2.99. The van der Waals surface area contributed by atoms with E-state index in [4.69, 9.17) is 16.3 Å². The van der Waals surface area contributed by atoms with Gasteiger partial charge in [0.25, 0.3) is 5.91 Å². The van der Waals surface area contributed by atoms with Crippen LogP contribution in [0.3, 0.4) is 0 Å². The van der Waals surface area contributed by atoms with Crippen LogP contribution in [0.25, 0.3) is 0 Å². The Labute approximate surface area is 133 Å². The maximum Gasteiger partial charge on any atom is 0.338 e. The molecule has 0 atom stereocenters. The number of nitrogens with one attached hydrogen (secondary N) is 1. The number of pyridine rings is 1. The first-order valence-corrected chi connectivity index (χ1v) is 6.99.